The SMILES string of the molecule is COc1ccc(OC[C@H](O)CN(Cc2cccc(F)c2)[C@@H]2CCS(=O)(=O)C2)cc1. The summed E-state index contributed by atoms with van der Waals surface area (Å²) in [5.41, 5.74) is 0.734. The van der Waals surface area contributed by atoms with Gasteiger partial charge in [0.1, 0.15) is 30.0 Å². The van der Waals surface area contributed by atoms with Gasteiger partial charge in [0, 0.05) is 19.1 Å². The van der Waals surface area contributed by atoms with E-state index in [9.17, 15) is 17.9 Å². The maximum atomic E-state index is 13.6. The zero-order chi connectivity index (χ0) is 20.9. The average Bonchev–Trinajstić information content (AvgIpc) is 3.06. The Kier molecular flexibility index (Phi) is 7.10. The number of hydrogen-bond acceptors (Lipinski definition) is 6. The minimum Gasteiger partial charge on any atom is -0.497 e. The lowest BCUT2D eigenvalue weighted by Gasteiger charge is -2.30. The molecule has 0 saturated carbocycles. The van der Waals surface area contributed by atoms with Crippen molar-refractivity contribution in [2.24, 2.45) is 0 Å². The van der Waals surface area contributed by atoms with E-state index in [2.05, 4.69) is 0 Å². The van der Waals surface area contributed by atoms with Crippen LogP contribution in [-0.2, 0) is 16.4 Å². The van der Waals surface area contributed by atoms with Gasteiger partial charge < -0.3 is 14.6 Å². The summed E-state index contributed by atoms with van der Waals surface area (Å²) in [4.78, 5) is 1.90. The first kappa shape index (κ1) is 21.5. The van der Waals surface area contributed by atoms with Gasteiger partial charge >= 0.3 is 0 Å². The molecule has 1 aliphatic heterocycles. The Hall–Kier alpha value is -2.16. The van der Waals surface area contributed by atoms with Gasteiger partial charge in [-0.15, -0.1) is 0 Å². The molecule has 1 saturated heterocycles. The second-order valence-corrected chi connectivity index (χ2v) is 9.49. The number of rotatable bonds is 9. The standard InChI is InChI=1S/C21H26FNO5S/c1-27-20-5-7-21(8-6-20)28-14-19(24)13-23(18-9-10-29(25,26)15-18)12-16-3-2-4-17(22)11-16/h2-8,11,18-19,24H,9-10,12-15H2,1H3/t18-,19-/m1/s1. The monoisotopic (exact) mass is 423 g/mol. The van der Waals surface area contributed by atoms with E-state index in [1.807, 2.05) is 4.90 Å². The maximum Gasteiger partial charge on any atom is 0.151 e. The van der Waals surface area contributed by atoms with E-state index < -0.39 is 15.9 Å². The van der Waals surface area contributed by atoms with Gasteiger partial charge in [0.25, 0.3) is 0 Å². The second-order valence-electron chi connectivity index (χ2n) is 7.26. The number of nitrogens with zero attached hydrogens (tertiary/aromatic N) is 1. The Balaban J connectivity index is 1.63. The second kappa shape index (κ2) is 9.56. The minimum absolute atomic E-state index is 0.0500. The summed E-state index contributed by atoms with van der Waals surface area (Å²) in [7, 11) is -1.50. The molecule has 1 fully saturated rings. The largest absolute Gasteiger partial charge is 0.497 e. The van der Waals surface area contributed by atoms with Crippen molar-refractivity contribution in [1.29, 1.82) is 0 Å². The van der Waals surface area contributed by atoms with Crippen LogP contribution in [0.3, 0.4) is 0 Å². The number of sulfone groups is 1. The molecule has 0 bridgehead atoms. The first-order chi connectivity index (χ1) is 13.8. The molecule has 1 aliphatic rings. The predicted molar refractivity (Wildman–Crippen MR) is 108 cm³/mol. The van der Waals surface area contributed by atoms with Crippen molar-refractivity contribution in [3.8, 4) is 11.5 Å². The molecule has 1 N–H and O–H groups in total. The van der Waals surface area contributed by atoms with E-state index in [1.165, 1.54) is 12.1 Å². The van der Waals surface area contributed by atoms with Crippen molar-refractivity contribution in [1.82, 2.24) is 4.90 Å². The zero-order valence-electron chi connectivity index (χ0n) is 16.3. The molecular weight excluding hydrogens is 397 g/mol. The third-order valence-corrected chi connectivity index (χ3v) is 6.70. The minimum atomic E-state index is -3.08. The summed E-state index contributed by atoms with van der Waals surface area (Å²) in [6.45, 7) is 0.649. The highest BCUT2D eigenvalue weighted by atomic mass is 32.2. The molecule has 29 heavy (non-hydrogen) atoms. The molecule has 0 unspecified atom stereocenters. The van der Waals surface area contributed by atoms with Gasteiger partial charge in [-0.3, -0.25) is 4.90 Å². The van der Waals surface area contributed by atoms with Crippen molar-refractivity contribution < 1.29 is 27.4 Å². The molecule has 2 aromatic carbocycles. The molecule has 158 valence electrons. The molecule has 0 amide bonds. The van der Waals surface area contributed by atoms with Crippen LogP contribution in [0.15, 0.2) is 48.5 Å². The number of methoxy groups -OCH3 is 1. The fourth-order valence-corrected chi connectivity index (χ4v) is 5.23. The van der Waals surface area contributed by atoms with E-state index >= 15 is 0 Å². The van der Waals surface area contributed by atoms with E-state index in [0.29, 0.717) is 24.5 Å². The normalized spacial score (nSPS) is 19.2. The van der Waals surface area contributed by atoms with Crippen LogP contribution in [0.5, 0.6) is 11.5 Å². The third-order valence-electron chi connectivity index (χ3n) is 4.95. The molecular formula is C21H26FNO5S. The summed E-state index contributed by atoms with van der Waals surface area (Å²) >= 11 is 0. The highest BCUT2D eigenvalue weighted by molar-refractivity contribution is 7.91. The number of hydrogen-bond donors (Lipinski definition) is 1. The molecule has 2 aromatic rings. The molecule has 0 spiro atoms. The Morgan fingerprint density at radius 1 is 1.21 bits per heavy atom. The molecule has 2 atom stereocenters. The van der Waals surface area contributed by atoms with Crippen LogP contribution in [-0.4, -0.2) is 62.3 Å². The number of aliphatic hydroxyl groups excluding tert-OH is 1. The summed E-state index contributed by atoms with van der Waals surface area (Å²) in [6.07, 6.45) is -0.321. The van der Waals surface area contributed by atoms with Gasteiger partial charge in [0.15, 0.2) is 9.84 Å². The van der Waals surface area contributed by atoms with Crippen LogP contribution in [0, 0.1) is 5.82 Å². The third kappa shape index (κ3) is 6.42. The van der Waals surface area contributed by atoms with Gasteiger partial charge in [-0.1, -0.05) is 12.1 Å². The van der Waals surface area contributed by atoms with Crippen molar-refractivity contribution in [2.75, 3.05) is 31.8 Å². The molecule has 0 aromatic heterocycles. The van der Waals surface area contributed by atoms with E-state index in [-0.39, 0.29) is 36.5 Å². The highest BCUT2D eigenvalue weighted by Crippen LogP contribution is 2.21. The lowest BCUT2D eigenvalue weighted by atomic mass is 10.1. The number of ether oxygens (including phenoxy) is 2. The predicted octanol–water partition coefficient (Wildman–Crippen LogP) is 2.26. The fraction of sp³-hybridized carbons (Fsp3) is 0.429. The van der Waals surface area contributed by atoms with Gasteiger partial charge in [-0.25, -0.2) is 12.8 Å². The quantitative estimate of drug-likeness (QED) is 0.667. The van der Waals surface area contributed by atoms with E-state index in [1.54, 1.807) is 43.5 Å². The Labute approximate surface area is 170 Å². The lowest BCUT2D eigenvalue weighted by molar-refractivity contribution is 0.0524. The van der Waals surface area contributed by atoms with Gasteiger partial charge in [0.2, 0.25) is 0 Å². The topological polar surface area (TPSA) is 76.1 Å². The summed E-state index contributed by atoms with van der Waals surface area (Å²) in [5.74, 6) is 1.15. The molecule has 0 aliphatic carbocycles. The summed E-state index contributed by atoms with van der Waals surface area (Å²) < 4.78 is 48.1. The van der Waals surface area contributed by atoms with Crippen LogP contribution < -0.4 is 9.47 Å². The molecule has 0 radical (unpaired) electrons. The average molecular weight is 424 g/mol. The van der Waals surface area contributed by atoms with Gasteiger partial charge in [0.05, 0.1) is 18.6 Å². The van der Waals surface area contributed by atoms with Crippen LogP contribution >= 0.6 is 0 Å². The van der Waals surface area contributed by atoms with Crippen molar-refractivity contribution in [3.05, 3.63) is 59.9 Å². The smallest absolute Gasteiger partial charge is 0.151 e. The van der Waals surface area contributed by atoms with Crippen molar-refractivity contribution >= 4 is 9.84 Å². The van der Waals surface area contributed by atoms with Crippen LogP contribution in [0.4, 0.5) is 4.39 Å². The fourth-order valence-electron chi connectivity index (χ4n) is 3.46. The van der Waals surface area contributed by atoms with Gasteiger partial charge in [-0.2, -0.15) is 0 Å². The molecule has 8 heteroatoms. The van der Waals surface area contributed by atoms with Crippen molar-refractivity contribution in [3.63, 3.8) is 0 Å². The Bertz CT molecular complexity index is 904. The number of aliphatic hydroxyl groups is 1. The van der Waals surface area contributed by atoms with Gasteiger partial charge in [-0.05, 0) is 48.4 Å². The van der Waals surface area contributed by atoms with E-state index in [0.717, 1.165) is 5.56 Å². The molecule has 3 rings (SSSR count). The molecule has 1 heterocycles. The van der Waals surface area contributed by atoms with Crippen molar-refractivity contribution in [2.45, 2.75) is 25.1 Å². The Morgan fingerprint density at radius 2 is 1.93 bits per heavy atom. The van der Waals surface area contributed by atoms with E-state index in [4.69, 9.17) is 9.47 Å². The van der Waals surface area contributed by atoms with Crippen LogP contribution in [0.2, 0.25) is 0 Å². The first-order valence-electron chi connectivity index (χ1n) is 9.48. The zero-order valence-corrected chi connectivity index (χ0v) is 17.1. The van der Waals surface area contributed by atoms with Crippen LogP contribution in [0.1, 0.15) is 12.0 Å². The Morgan fingerprint density at radius 3 is 2.55 bits per heavy atom. The van der Waals surface area contributed by atoms with Crippen LogP contribution in [0.25, 0.3) is 0 Å². The number of halogens is 1. The summed E-state index contributed by atoms with van der Waals surface area (Å²) in [6, 6.07) is 13.0. The first-order valence-corrected chi connectivity index (χ1v) is 11.3. The maximum absolute atomic E-state index is 13.6. The number of benzene rings is 2. The molecule has 6 nitrogen and oxygen atoms in total. The summed E-state index contributed by atoms with van der Waals surface area (Å²) in [5, 5.41) is 10.5. The lowest BCUT2D eigenvalue weighted by Crippen LogP contribution is -2.42. The highest BCUT2D eigenvalue weighted by Gasteiger charge is 2.33.